The van der Waals surface area contributed by atoms with Gasteiger partial charge in [0.05, 0.1) is 5.69 Å². The summed E-state index contributed by atoms with van der Waals surface area (Å²) >= 11 is 0. The Morgan fingerprint density at radius 3 is 2.89 bits per heavy atom. The molecule has 0 spiro atoms. The highest BCUT2D eigenvalue weighted by Gasteiger charge is 2.16. The highest BCUT2D eigenvalue weighted by atomic mass is 16.1. The molecule has 1 aromatic rings. The predicted molar refractivity (Wildman–Crippen MR) is 71.0 cm³/mol. The van der Waals surface area contributed by atoms with Crippen LogP contribution >= 0.6 is 0 Å². The summed E-state index contributed by atoms with van der Waals surface area (Å²) in [6.45, 7) is 1.42. The SMILES string of the molecule is O=C(CCNCc1ccccn1)NC1CCCC1. The molecule has 1 aromatic heterocycles. The Morgan fingerprint density at radius 2 is 2.17 bits per heavy atom. The predicted octanol–water partition coefficient (Wildman–Crippen LogP) is 1.62. The molecule has 0 aliphatic heterocycles. The summed E-state index contributed by atoms with van der Waals surface area (Å²) in [5, 5.41) is 6.32. The maximum absolute atomic E-state index is 11.6. The molecule has 2 N–H and O–H groups in total. The van der Waals surface area contributed by atoms with E-state index in [-0.39, 0.29) is 5.91 Å². The monoisotopic (exact) mass is 247 g/mol. The average molecular weight is 247 g/mol. The van der Waals surface area contributed by atoms with Crippen LogP contribution in [0.5, 0.6) is 0 Å². The van der Waals surface area contributed by atoms with Crippen molar-refractivity contribution in [3.8, 4) is 0 Å². The van der Waals surface area contributed by atoms with E-state index in [1.807, 2.05) is 18.2 Å². The second kappa shape index (κ2) is 7.11. The van der Waals surface area contributed by atoms with Gasteiger partial charge >= 0.3 is 0 Å². The van der Waals surface area contributed by atoms with Crippen LogP contribution in [0.1, 0.15) is 37.8 Å². The normalized spacial score (nSPS) is 15.8. The zero-order valence-corrected chi connectivity index (χ0v) is 10.7. The van der Waals surface area contributed by atoms with Crippen LogP contribution in [0.25, 0.3) is 0 Å². The van der Waals surface area contributed by atoms with Crippen molar-refractivity contribution in [2.45, 2.75) is 44.7 Å². The molecule has 2 rings (SSSR count). The molecule has 0 saturated heterocycles. The lowest BCUT2D eigenvalue weighted by Gasteiger charge is -2.11. The van der Waals surface area contributed by atoms with Gasteiger partial charge in [0.15, 0.2) is 0 Å². The van der Waals surface area contributed by atoms with Crippen molar-refractivity contribution in [3.05, 3.63) is 30.1 Å². The number of aromatic nitrogens is 1. The number of hydrogen-bond donors (Lipinski definition) is 2. The van der Waals surface area contributed by atoms with E-state index in [2.05, 4.69) is 15.6 Å². The van der Waals surface area contributed by atoms with Crippen molar-refractivity contribution in [2.75, 3.05) is 6.54 Å². The van der Waals surface area contributed by atoms with Gasteiger partial charge in [-0.05, 0) is 25.0 Å². The van der Waals surface area contributed by atoms with Crippen molar-refractivity contribution in [2.24, 2.45) is 0 Å². The van der Waals surface area contributed by atoms with Crippen molar-refractivity contribution < 1.29 is 4.79 Å². The first-order valence-corrected chi connectivity index (χ1v) is 6.74. The summed E-state index contributed by atoms with van der Waals surface area (Å²) in [6.07, 6.45) is 7.12. The summed E-state index contributed by atoms with van der Waals surface area (Å²) in [7, 11) is 0. The molecule has 0 bridgehead atoms. The smallest absolute Gasteiger partial charge is 0.221 e. The molecule has 18 heavy (non-hydrogen) atoms. The second-order valence-corrected chi connectivity index (χ2v) is 4.80. The quantitative estimate of drug-likeness (QED) is 0.751. The minimum Gasteiger partial charge on any atom is -0.353 e. The second-order valence-electron chi connectivity index (χ2n) is 4.80. The lowest BCUT2D eigenvalue weighted by molar-refractivity contribution is -0.121. The van der Waals surface area contributed by atoms with Crippen LogP contribution in [-0.2, 0) is 11.3 Å². The van der Waals surface area contributed by atoms with Gasteiger partial charge in [-0.25, -0.2) is 0 Å². The average Bonchev–Trinajstić information content (AvgIpc) is 2.89. The Labute approximate surface area is 108 Å². The van der Waals surface area contributed by atoms with E-state index in [0.717, 1.165) is 25.1 Å². The Morgan fingerprint density at radius 1 is 1.33 bits per heavy atom. The fourth-order valence-electron chi connectivity index (χ4n) is 2.29. The first-order valence-electron chi connectivity index (χ1n) is 6.74. The number of hydrogen-bond acceptors (Lipinski definition) is 3. The van der Waals surface area contributed by atoms with Crippen molar-refractivity contribution >= 4 is 5.91 Å². The molecule has 0 radical (unpaired) electrons. The standard InChI is InChI=1S/C14H21N3O/c18-14(17-12-5-1-2-6-12)8-10-15-11-13-7-3-4-9-16-13/h3-4,7,9,12,15H,1-2,5-6,8,10-11H2,(H,17,18). The number of rotatable bonds is 6. The van der Waals surface area contributed by atoms with E-state index in [4.69, 9.17) is 0 Å². The molecule has 1 aliphatic carbocycles. The number of pyridine rings is 1. The Kier molecular flexibility index (Phi) is 5.15. The van der Waals surface area contributed by atoms with E-state index >= 15 is 0 Å². The maximum Gasteiger partial charge on any atom is 0.221 e. The fraction of sp³-hybridized carbons (Fsp3) is 0.571. The van der Waals surface area contributed by atoms with Gasteiger partial charge in [0.25, 0.3) is 0 Å². The molecular formula is C14H21N3O. The molecule has 1 saturated carbocycles. The highest BCUT2D eigenvalue weighted by molar-refractivity contribution is 5.76. The number of carbonyl (C=O) groups is 1. The van der Waals surface area contributed by atoms with Crippen molar-refractivity contribution in [1.29, 1.82) is 0 Å². The largest absolute Gasteiger partial charge is 0.353 e. The molecule has 0 atom stereocenters. The van der Waals surface area contributed by atoms with Crippen LogP contribution in [0.15, 0.2) is 24.4 Å². The molecule has 1 heterocycles. The highest BCUT2D eigenvalue weighted by Crippen LogP contribution is 2.17. The molecule has 0 unspecified atom stereocenters. The van der Waals surface area contributed by atoms with Crippen LogP contribution in [0.3, 0.4) is 0 Å². The van der Waals surface area contributed by atoms with Crippen LogP contribution in [-0.4, -0.2) is 23.5 Å². The van der Waals surface area contributed by atoms with Gasteiger partial charge in [-0.3, -0.25) is 9.78 Å². The lowest BCUT2D eigenvalue weighted by Crippen LogP contribution is -2.34. The lowest BCUT2D eigenvalue weighted by atomic mass is 10.2. The molecule has 4 nitrogen and oxygen atoms in total. The zero-order valence-electron chi connectivity index (χ0n) is 10.7. The van der Waals surface area contributed by atoms with Crippen LogP contribution in [0, 0.1) is 0 Å². The molecule has 1 amide bonds. The van der Waals surface area contributed by atoms with Crippen LogP contribution in [0.2, 0.25) is 0 Å². The molecule has 1 fully saturated rings. The third kappa shape index (κ3) is 4.45. The maximum atomic E-state index is 11.6. The summed E-state index contributed by atoms with van der Waals surface area (Å²) in [4.78, 5) is 15.9. The molecule has 98 valence electrons. The Bertz CT molecular complexity index is 361. The number of amides is 1. The van der Waals surface area contributed by atoms with Gasteiger partial charge in [0, 0.05) is 31.7 Å². The van der Waals surface area contributed by atoms with Crippen molar-refractivity contribution in [3.63, 3.8) is 0 Å². The first-order chi connectivity index (χ1) is 8.84. The summed E-state index contributed by atoms with van der Waals surface area (Å²) < 4.78 is 0. The minimum absolute atomic E-state index is 0.162. The van der Waals surface area contributed by atoms with Gasteiger partial charge in [-0.15, -0.1) is 0 Å². The number of carbonyl (C=O) groups excluding carboxylic acids is 1. The summed E-state index contributed by atoms with van der Waals surface area (Å²) in [5.41, 5.74) is 1.01. The van der Waals surface area contributed by atoms with Crippen molar-refractivity contribution in [1.82, 2.24) is 15.6 Å². The van der Waals surface area contributed by atoms with E-state index in [1.165, 1.54) is 12.8 Å². The summed E-state index contributed by atoms with van der Waals surface area (Å²) in [5.74, 6) is 0.162. The number of nitrogens with zero attached hydrogens (tertiary/aromatic N) is 1. The third-order valence-electron chi connectivity index (χ3n) is 3.28. The number of nitrogens with one attached hydrogen (secondary N) is 2. The van der Waals surface area contributed by atoms with Gasteiger partial charge < -0.3 is 10.6 Å². The Balaban J connectivity index is 1.56. The van der Waals surface area contributed by atoms with Crippen LogP contribution < -0.4 is 10.6 Å². The molecule has 0 aromatic carbocycles. The fourth-order valence-corrected chi connectivity index (χ4v) is 2.29. The van der Waals surface area contributed by atoms with E-state index in [9.17, 15) is 4.79 Å². The van der Waals surface area contributed by atoms with Gasteiger partial charge in [0.1, 0.15) is 0 Å². The molecular weight excluding hydrogens is 226 g/mol. The third-order valence-corrected chi connectivity index (χ3v) is 3.28. The minimum atomic E-state index is 0.162. The summed E-state index contributed by atoms with van der Waals surface area (Å²) in [6, 6.07) is 6.27. The molecule has 1 aliphatic rings. The van der Waals surface area contributed by atoms with Crippen LogP contribution in [0.4, 0.5) is 0 Å². The topological polar surface area (TPSA) is 54.0 Å². The van der Waals surface area contributed by atoms with Gasteiger partial charge in [-0.1, -0.05) is 18.9 Å². The molecule has 4 heteroatoms. The first kappa shape index (κ1) is 13.0. The van der Waals surface area contributed by atoms with Gasteiger partial charge in [-0.2, -0.15) is 0 Å². The Hall–Kier alpha value is -1.42. The van der Waals surface area contributed by atoms with E-state index in [1.54, 1.807) is 6.20 Å². The zero-order chi connectivity index (χ0) is 12.6. The van der Waals surface area contributed by atoms with E-state index < -0.39 is 0 Å². The van der Waals surface area contributed by atoms with Gasteiger partial charge in [0.2, 0.25) is 5.91 Å². The van der Waals surface area contributed by atoms with E-state index in [0.29, 0.717) is 19.0 Å².